The van der Waals surface area contributed by atoms with Gasteiger partial charge in [-0.2, -0.15) is 4.57 Å². The highest BCUT2D eigenvalue weighted by Crippen LogP contribution is 2.24. The van der Waals surface area contributed by atoms with Crippen LogP contribution in [0.2, 0.25) is 0 Å². The minimum absolute atomic E-state index is 0. The van der Waals surface area contributed by atoms with Crippen LogP contribution in [0.15, 0.2) is 42.7 Å². The van der Waals surface area contributed by atoms with E-state index in [2.05, 4.69) is 5.32 Å². The van der Waals surface area contributed by atoms with Crippen molar-refractivity contribution in [1.29, 1.82) is 0 Å². The Labute approximate surface area is 134 Å². The molecular formula is C15H16ClN3O3. The van der Waals surface area contributed by atoms with E-state index >= 15 is 0 Å². The normalized spacial score (nSPS) is 9.73. The maximum atomic E-state index is 12.0. The number of carbonyl (C=O) groups is 1. The van der Waals surface area contributed by atoms with Gasteiger partial charge in [-0.05, 0) is 25.5 Å². The third-order valence-electron chi connectivity index (χ3n) is 3.16. The number of nitro groups is 1. The van der Waals surface area contributed by atoms with Crippen molar-refractivity contribution in [3.8, 4) is 0 Å². The third-order valence-corrected chi connectivity index (χ3v) is 3.16. The number of benzene rings is 1. The van der Waals surface area contributed by atoms with Crippen LogP contribution in [0.5, 0.6) is 0 Å². The Bertz CT molecular complexity index is 687. The molecule has 0 unspecified atom stereocenters. The van der Waals surface area contributed by atoms with Crippen LogP contribution in [0.4, 0.5) is 11.4 Å². The fourth-order valence-electron chi connectivity index (χ4n) is 1.95. The molecule has 0 aliphatic carbocycles. The van der Waals surface area contributed by atoms with E-state index in [0.717, 1.165) is 5.56 Å². The second-order valence-electron chi connectivity index (χ2n) is 4.80. The predicted molar refractivity (Wildman–Crippen MR) is 77.8 cm³/mol. The highest BCUT2D eigenvalue weighted by Gasteiger charge is 2.16. The highest BCUT2D eigenvalue weighted by atomic mass is 35.5. The average molecular weight is 322 g/mol. The number of halogens is 1. The molecule has 1 amide bonds. The first-order chi connectivity index (χ1) is 9.97. The molecule has 0 saturated heterocycles. The number of carbonyl (C=O) groups excluding carboxylic acids is 1. The van der Waals surface area contributed by atoms with Crippen molar-refractivity contribution >= 4 is 17.3 Å². The standard InChI is InChI=1S/C15H15N3O3.ClH/c1-11-6-8-17(9-7-11)10-15(19)16-13-4-3-5-14(12(13)2)18(20)21;/h3-9H,10H2,1-2H3;1H. The monoisotopic (exact) mass is 321 g/mol. The first-order valence-electron chi connectivity index (χ1n) is 6.47. The molecule has 7 heteroatoms. The summed E-state index contributed by atoms with van der Waals surface area (Å²) in [5.41, 5.74) is 2.02. The number of rotatable bonds is 4. The van der Waals surface area contributed by atoms with Gasteiger partial charge in [-0.3, -0.25) is 14.9 Å². The molecule has 2 rings (SSSR count). The first kappa shape index (κ1) is 17.6. The summed E-state index contributed by atoms with van der Waals surface area (Å²) in [5.74, 6) is -0.229. The summed E-state index contributed by atoms with van der Waals surface area (Å²) < 4.78 is 1.75. The molecule has 116 valence electrons. The molecule has 1 heterocycles. The van der Waals surface area contributed by atoms with Crippen LogP contribution in [0.1, 0.15) is 11.1 Å². The van der Waals surface area contributed by atoms with E-state index in [-0.39, 0.29) is 30.5 Å². The van der Waals surface area contributed by atoms with Crippen LogP contribution in [-0.2, 0) is 11.3 Å². The van der Waals surface area contributed by atoms with Gasteiger partial charge in [-0.25, -0.2) is 0 Å². The van der Waals surface area contributed by atoms with Gasteiger partial charge in [0.15, 0.2) is 12.4 Å². The van der Waals surface area contributed by atoms with Crippen LogP contribution >= 0.6 is 0 Å². The van der Waals surface area contributed by atoms with Gasteiger partial charge in [0.2, 0.25) is 6.54 Å². The molecule has 6 nitrogen and oxygen atoms in total. The maximum Gasteiger partial charge on any atom is 0.290 e. The van der Waals surface area contributed by atoms with Gasteiger partial charge in [0, 0.05) is 18.2 Å². The van der Waals surface area contributed by atoms with Crippen LogP contribution < -0.4 is 22.3 Å². The van der Waals surface area contributed by atoms with Crippen molar-refractivity contribution in [1.82, 2.24) is 0 Å². The Hall–Kier alpha value is -2.47. The molecule has 0 aliphatic rings. The summed E-state index contributed by atoms with van der Waals surface area (Å²) in [4.78, 5) is 22.4. The van der Waals surface area contributed by atoms with Crippen molar-refractivity contribution in [3.05, 3.63) is 64.0 Å². The Morgan fingerprint density at radius 3 is 2.45 bits per heavy atom. The number of pyridine rings is 1. The quantitative estimate of drug-likeness (QED) is 0.452. The molecule has 1 N–H and O–H groups in total. The molecule has 0 fully saturated rings. The predicted octanol–water partition coefficient (Wildman–Crippen LogP) is -0.858. The molecule has 1 aromatic carbocycles. The van der Waals surface area contributed by atoms with Gasteiger partial charge in [0.05, 0.1) is 16.2 Å². The number of hydrogen-bond acceptors (Lipinski definition) is 3. The van der Waals surface area contributed by atoms with Crippen molar-refractivity contribution in [2.24, 2.45) is 0 Å². The largest absolute Gasteiger partial charge is 1.00 e. The fraction of sp³-hybridized carbons (Fsp3) is 0.200. The lowest BCUT2D eigenvalue weighted by Crippen LogP contribution is -3.00. The molecule has 0 saturated carbocycles. The van der Waals surface area contributed by atoms with Gasteiger partial charge >= 0.3 is 0 Å². The molecule has 2 aromatic rings. The number of aromatic nitrogens is 1. The lowest BCUT2D eigenvalue weighted by molar-refractivity contribution is -0.684. The summed E-state index contributed by atoms with van der Waals surface area (Å²) in [6, 6.07) is 8.44. The molecule has 0 spiro atoms. The number of nitrogens with zero attached hydrogens (tertiary/aromatic N) is 2. The number of nitrogens with one attached hydrogen (secondary N) is 1. The first-order valence-corrected chi connectivity index (χ1v) is 6.47. The van der Waals surface area contributed by atoms with E-state index in [9.17, 15) is 14.9 Å². The maximum absolute atomic E-state index is 12.0. The summed E-state index contributed by atoms with van der Waals surface area (Å²) in [6.45, 7) is 3.74. The molecule has 0 bridgehead atoms. The van der Waals surface area contributed by atoms with E-state index < -0.39 is 4.92 Å². The Morgan fingerprint density at radius 1 is 1.23 bits per heavy atom. The average Bonchev–Trinajstić information content (AvgIpc) is 2.43. The van der Waals surface area contributed by atoms with Gasteiger partial charge < -0.3 is 17.7 Å². The van der Waals surface area contributed by atoms with Gasteiger partial charge in [0.1, 0.15) is 0 Å². The summed E-state index contributed by atoms with van der Waals surface area (Å²) in [6.07, 6.45) is 3.63. The zero-order valence-electron chi connectivity index (χ0n) is 12.2. The van der Waals surface area contributed by atoms with E-state index in [0.29, 0.717) is 11.3 Å². The minimum Gasteiger partial charge on any atom is -1.00 e. The van der Waals surface area contributed by atoms with Crippen molar-refractivity contribution < 1.29 is 26.7 Å². The van der Waals surface area contributed by atoms with Crippen molar-refractivity contribution in [2.75, 3.05) is 5.32 Å². The summed E-state index contributed by atoms with van der Waals surface area (Å²) >= 11 is 0. The summed E-state index contributed by atoms with van der Waals surface area (Å²) in [5, 5.41) is 13.6. The minimum atomic E-state index is -0.459. The molecule has 0 atom stereocenters. The second kappa shape index (κ2) is 7.51. The Morgan fingerprint density at radius 2 is 1.86 bits per heavy atom. The number of nitro benzene ring substituents is 1. The third kappa shape index (κ3) is 4.26. The number of amides is 1. The number of anilines is 1. The topological polar surface area (TPSA) is 76.1 Å². The van der Waals surface area contributed by atoms with Crippen LogP contribution in [0.25, 0.3) is 0 Å². The zero-order valence-corrected chi connectivity index (χ0v) is 13.0. The molecule has 0 aliphatic heterocycles. The van der Waals surface area contributed by atoms with Crippen LogP contribution in [0, 0.1) is 24.0 Å². The van der Waals surface area contributed by atoms with Crippen molar-refractivity contribution in [3.63, 3.8) is 0 Å². The molecule has 1 aromatic heterocycles. The Balaban J connectivity index is 0.00000242. The summed E-state index contributed by atoms with van der Waals surface area (Å²) in [7, 11) is 0. The lowest BCUT2D eigenvalue weighted by atomic mass is 10.1. The highest BCUT2D eigenvalue weighted by molar-refractivity contribution is 5.91. The second-order valence-corrected chi connectivity index (χ2v) is 4.80. The van der Waals surface area contributed by atoms with Gasteiger partial charge in [-0.1, -0.05) is 6.07 Å². The van der Waals surface area contributed by atoms with Gasteiger partial charge in [-0.15, -0.1) is 0 Å². The van der Waals surface area contributed by atoms with Crippen molar-refractivity contribution in [2.45, 2.75) is 20.4 Å². The molecule has 22 heavy (non-hydrogen) atoms. The van der Waals surface area contributed by atoms with E-state index in [1.165, 1.54) is 6.07 Å². The number of hydrogen-bond donors (Lipinski definition) is 1. The van der Waals surface area contributed by atoms with E-state index in [1.807, 2.05) is 31.5 Å². The zero-order chi connectivity index (χ0) is 15.4. The molecule has 0 radical (unpaired) electrons. The SMILES string of the molecule is Cc1cc[n+](CC(=O)Nc2cccc([N+](=O)[O-])c2C)cc1.[Cl-]. The molecular weight excluding hydrogens is 306 g/mol. The van der Waals surface area contributed by atoms with Crippen LogP contribution in [-0.4, -0.2) is 10.8 Å². The van der Waals surface area contributed by atoms with Crippen LogP contribution in [0.3, 0.4) is 0 Å². The fourth-order valence-corrected chi connectivity index (χ4v) is 1.95. The van der Waals surface area contributed by atoms with E-state index in [4.69, 9.17) is 0 Å². The smallest absolute Gasteiger partial charge is 0.290 e. The lowest BCUT2D eigenvalue weighted by Gasteiger charge is -2.07. The number of aryl methyl sites for hydroxylation is 1. The Kier molecular flexibility index (Phi) is 6.00. The van der Waals surface area contributed by atoms with E-state index in [1.54, 1.807) is 23.6 Å². The van der Waals surface area contributed by atoms with Gasteiger partial charge in [0.25, 0.3) is 11.6 Å².